The highest BCUT2D eigenvalue weighted by molar-refractivity contribution is 5.74. The highest BCUT2D eigenvalue weighted by Gasteiger charge is 2.39. The van der Waals surface area contributed by atoms with E-state index in [4.69, 9.17) is 0 Å². The van der Waals surface area contributed by atoms with Gasteiger partial charge in [0.25, 0.3) is 0 Å². The van der Waals surface area contributed by atoms with E-state index in [2.05, 4.69) is 4.74 Å². The summed E-state index contributed by atoms with van der Waals surface area (Å²) in [4.78, 5) is 13.3. The number of carboxylic acids is 1. The molecule has 1 aromatic rings. The second-order valence-electron chi connectivity index (χ2n) is 5.41. The van der Waals surface area contributed by atoms with Gasteiger partial charge in [0.2, 0.25) is 0 Å². The first-order valence-electron chi connectivity index (χ1n) is 6.93. The maximum absolute atomic E-state index is 12.1. The van der Waals surface area contributed by atoms with E-state index in [0.717, 1.165) is 12.0 Å². The topological polar surface area (TPSA) is 49.8 Å². The zero-order valence-corrected chi connectivity index (χ0v) is 12.0. The van der Waals surface area contributed by atoms with Gasteiger partial charge in [0, 0.05) is 6.04 Å². The summed E-state index contributed by atoms with van der Waals surface area (Å²) in [6.45, 7) is 1.74. The highest BCUT2D eigenvalue weighted by atomic mass is 19.3. The van der Waals surface area contributed by atoms with Crippen LogP contribution in [0.5, 0.6) is 5.75 Å². The van der Waals surface area contributed by atoms with E-state index in [-0.39, 0.29) is 17.7 Å². The van der Waals surface area contributed by atoms with E-state index >= 15 is 0 Å². The Hall–Kier alpha value is -1.69. The second kappa shape index (κ2) is 6.39. The predicted molar refractivity (Wildman–Crippen MR) is 73.4 cm³/mol. The Morgan fingerprint density at radius 2 is 2.00 bits per heavy atom. The molecule has 0 amide bonds. The Morgan fingerprint density at radius 1 is 1.38 bits per heavy atom. The van der Waals surface area contributed by atoms with Crippen molar-refractivity contribution in [3.63, 3.8) is 0 Å². The normalized spacial score (nSPS) is 24.2. The fraction of sp³-hybridized carbons (Fsp3) is 0.533. The van der Waals surface area contributed by atoms with Gasteiger partial charge in [-0.25, -0.2) is 0 Å². The van der Waals surface area contributed by atoms with Gasteiger partial charge in [-0.2, -0.15) is 8.78 Å². The minimum Gasteiger partial charge on any atom is -0.480 e. The van der Waals surface area contributed by atoms with Crippen molar-refractivity contribution < 1.29 is 23.4 Å². The second-order valence-corrected chi connectivity index (χ2v) is 5.41. The molecular formula is C15H19F2NO3. The number of ether oxygens (including phenoxy) is 1. The third-order valence-electron chi connectivity index (χ3n) is 4.08. The fourth-order valence-corrected chi connectivity index (χ4v) is 2.92. The molecule has 1 aromatic carbocycles. The lowest BCUT2D eigenvalue weighted by molar-refractivity contribution is -0.144. The number of carboxylic acid groups (broad SMARTS) is 1. The zero-order chi connectivity index (χ0) is 15.6. The van der Waals surface area contributed by atoms with Crippen LogP contribution in [-0.4, -0.2) is 35.2 Å². The van der Waals surface area contributed by atoms with Crippen LogP contribution in [0, 0.1) is 5.92 Å². The monoisotopic (exact) mass is 299 g/mol. The molecule has 1 aliphatic rings. The molecule has 6 heteroatoms. The minimum atomic E-state index is -2.84. The van der Waals surface area contributed by atoms with Crippen LogP contribution in [0.15, 0.2) is 24.3 Å². The largest absolute Gasteiger partial charge is 0.480 e. The molecule has 0 spiro atoms. The van der Waals surface area contributed by atoms with Gasteiger partial charge in [-0.05, 0) is 43.5 Å². The molecule has 3 atom stereocenters. The number of hydrogen-bond acceptors (Lipinski definition) is 3. The summed E-state index contributed by atoms with van der Waals surface area (Å²) >= 11 is 0. The molecule has 1 aliphatic heterocycles. The molecule has 1 heterocycles. The molecule has 3 unspecified atom stereocenters. The maximum atomic E-state index is 12.1. The Labute approximate surface area is 122 Å². The smallest absolute Gasteiger partial charge is 0.387 e. The van der Waals surface area contributed by atoms with E-state index in [1.165, 1.54) is 12.1 Å². The number of rotatable bonds is 5. The van der Waals surface area contributed by atoms with Crippen LogP contribution >= 0.6 is 0 Å². The van der Waals surface area contributed by atoms with Crippen LogP contribution in [0.2, 0.25) is 0 Å². The van der Waals surface area contributed by atoms with Crippen molar-refractivity contribution in [2.24, 2.45) is 5.92 Å². The Morgan fingerprint density at radius 3 is 2.52 bits per heavy atom. The molecule has 21 heavy (non-hydrogen) atoms. The molecule has 2 rings (SSSR count). The number of likely N-dealkylation sites (tertiary alicyclic amines) is 1. The summed E-state index contributed by atoms with van der Waals surface area (Å²) in [6, 6.07) is 5.77. The molecule has 4 nitrogen and oxygen atoms in total. The summed E-state index contributed by atoms with van der Waals surface area (Å²) < 4.78 is 28.5. The molecule has 0 radical (unpaired) electrons. The molecule has 0 bridgehead atoms. The number of carbonyl (C=O) groups is 1. The molecule has 0 aromatic heterocycles. The van der Waals surface area contributed by atoms with Crippen molar-refractivity contribution >= 4 is 5.97 Å². The van der Waals surface area contributed by atoms with Gasteiger partial charge in [0.15, 0.2) is 0 Å². The van der Waals surface area contributed by atoms with Crippen LogP contribution in [0.1, 0.15) is 31.9 Å². The SMILES string of the molecule is CC1CCN(C(C)c2ccc(OC(F)F)cc2)C1C(=O)O. The van der Waals surface area contributed by atoms with Crippen molar-refractivity contribution in [3.8, 4) is 5.75 Å². The lowest BCUT2D eigenvalue weighted by atomic mass is 10.0. The number of hydrogen-bond donors (Lipinski definition) is 1. The Kier molecular flexibility index (Phi) is 4.77. The van der Waals surface area contributed by atoms with Crippen LogP contribution in [0.25, 0.3) is 0 Å². The molecule has 116 valence electrons. The van der Waals surface area contributed by atoms with Gasteiger partial charge >= 0.3 is 12.6 Å². The summed E-state index contributed by atoms with van der Waals surface area (Å²) in [6.07, 6.45) is 0.841. The van der Waals surface area contributed by atoms with E-state index in [0.29, 0.717) is 6.54 Å². The van der Waals surface area contributed by atoms with Crippen molar-refractivity contribution in [1.82, 2.24) is 4.90 Å². The average Bonchev–Trinajstić information content (AvgIpc) is 2.80. The van der Waals surface area contributed by atoms with Crippen molar-refractivity contribution in [3.05, 3.63) is 29.8 Å². The lowest BCUT2D eigenvalue weighted by Crippen LogP contribution is -2.40. The first kappa shape index (κ1) is 15.7. The summed E-state index contributed by atoms with van der Waals surface area (Å²) in [5.41, 5.74) is 0.886. The van der Waals surface area contributed by atoms with Crippen molar-refractivity contribution in [2.45, 2.75) is 39.0 Å². The van der Waals surface area contributed by atoms with E-state index in [9.17, 15) is 18.7 Å². The van der Waals surface area contributed by atoms with Crippen LogP contribution in [0.4, 0.5) is 8.78 Å². The molecule has 1 fully saturated rings. The predicted octanol–water partition coefficient (Wildman–Crippen LogP) is 3.14. The summed E-state index contributed by atoms with van der Waals surface area (Å²) in [5.74, 6) is -0.610. The van der Waals surface area contributed by atoms with Crippen LogP contribution in [-0.2, 0) is 4.79 Å². The minimum absolute atomic E-state index is 0.0864. The van der Waals surface area contributed by atoms with Crippen molar-refractivity contribution in [1.29, 1.82) is 0 Å². The molecule has 1 saturated heterocycles. The summed E-state index contributed by atoms with van der Waals surface area (Å²) in [7, 11) is 0. The summed E-state index contributed by atoms with van der Waals surface area (Å²) in [5, 5.41) is 9.35. The standard InChI is InChI=1S/C15H19F2NO3/c1-9-7-8-18(13(9)14(19)20)10(2)11-3-5-12(6-4-11)21-15(16)17/h3-6,9-10,13,15H,7-8H2,1-2H3,(H,19,20). The number of nitrogens with zero attached hydrogens (tertiary/aromatic N) is 1. The third-order valence-corrected chi connectivity index (χ3v) is 4.08. The first-order chi connectivity index (χ1) is 9.90. The van der Waals surface area contributed by atoms with E-state index < -0.39 is 18.6 Å². The lowest BCUT2D eigenvalue weighted by Gasteiger charge is -2.29. The first-order valence-corrected chi connectivity index (χ1v) is 6.93. The Bertz CT molecular complexity index is 492. The van der Waals surface area contributed by atoms with Crippen molar-refractivity contribution in [2.75, 3.05) is 6.54 Å². The third kappa shape index (κ3) is 3.50. The highest BCUT2D eigenvalue weighted by Crippen LogP contribution is 2.33. The number of aliphatic carboxylic acids is 1. The van der Waals surface area contributed by atoms with Gasteiger partial charge in [0.1, 0.15) is 11.8 Å². The molecule has 1 N–H and O–H groups in total. The van der Waals surface area contributed by atoms with Crippen LogP contribution < -0.4 is 4.74 Å². The van der Waals surface area contributed by atoms with Gasteiger partial charge < -0.3 is 9.84 Å². The van der Waals surface area contributed by atoms with Gasteiger partial charge in [0.05, 0.1) is 0 Å². The van der Waals surface area contributed by atoms with E-state index in [1.54, 1.807) is 12.1 Å². The quantitative estimate of drug-likeness (QED) is 0.907. The molecule has 0 saturated carbocycles. The number of alkyl halides is 2. The van der Waals surface area contributed by atoms with Gasteiger partial charge in [-0.1, -0.05) is 19.1 Å². The van der Waals surface area contributed by atoms with Gasteiger partial charge in [-0.15, -0.1) is 0 Å². The van der Waals surface area contributed by atoms with Crippen LogP contribution in [0.3, 0.4) is 0 Å². The molecule has 0 aliphatic carbocycles. The van der Waals surface area contributed by atoms with E-state index in [1.807, 2.05) is 18.7 Å². The number of halogens is 2. The van der Waals surface area contributed by atoms with Gasteiger partial charge in [-0.3, -0.25) is 9.69 Å². The number of benzene rings is 1. The average molecular weight is 299 g/mol. The Balaban J connectivity index is 2.12. The molecular weight excluding hydrogens is 280 g/mol. The maximum Gasteiger partial charge on any atom is 0.387 e. The fourth-order valence-electron chi connectivity index (χ4n) is 2.92. The zero-order valence-electron chi connectivity index (χ0n) is 12.0.